The lowest BCUT2D eigenvalue weighted by atomic mass is 10.1. The van der Waals surface area contributed by atoms with Gasteiger partial charge in [-0.25, -0.2) is 0 Å². The number of carbonyl (C=O) groups excluding carboxylic acids is 1. The molecule has 1 unspecified atom stereocenters. The second-order valence-corrected chi connectivity index (χ2v) is 4.06. The summed E-state index contributed by atoms with van der Waals surface area (Å²) in [5.74, 6) is 0.193. The summed E-state index contributed by atoms with van der Waals surface area (Å²) in [7, 11) is 3.49. The SMILES string of the molecule is CNC(=O)C(C)CN(C)c1nc(N)ns1. The molecule has 0 bridgehead atoms. The van der Waals surface area contributed by atoms with Crippen molar-refractivity contribution in [3.05, 3.63) is 0 Å². The molecular formula is C8H15N5OS. The van der Waals surface area contributed by atoms with E-state index in [1.807, 2.05) is 18.9 Å². The van der Waals surface area contributed by atoms with E-state index in [2.05, 4.69) is 14.7 Å². The number of hydrogen-bond donors (Lipinski definition) is 2. The van der Waals surface area contributed by atoms with Gasteiger partial charge in [-0.05, 0) is 0 Å². The molecule has 0 radical (unpaired) electrons. The van der Waals surface area contributed by atoms with E-state index >= 15 is 0 Å². The minimum atomic E-state index is -0.0925. The molecule has 0 aliphatic rings. The van der Waals surface area contributed by atoms with Crippen LogP contribution in [0.5, 0.6) is 0 Å². The van der Waals surface area contributed by atoms with Crippen molar-refractivity contribution in [2.45, 2.75) is 6.92 Å². The van der Waals surface area contributed by atoms with Crippen LogP contribution in [0.2, 0.25) is 0 Å². The molecule has 0 saturated carbocycles. The predicted octanol–water partition coefficient (Wildman–Crippen LogP) is -0.0614. The van der Waals surface area contributed by atoms with E-state index in [4.69, 9.17) is 5.73 Å². The first kappa shape index (κ1) is 11.7. The zero-order valence-electron chi connectivity index (χ0n) is 9.02. The van der Waals surface area contributed by atoms with Crippen LogP contribution in [0.25, 0.3) is 0 Å². The maximum absolute atomic E-state index is 11.3. The molecule has 7 heteroatoms. The lowest BCUT2D eigenvalue weighted by Gasteiger charge is -2.18. The Hall–Kier alpha value is -1.37. The van der Waals surface area contributed by atoms with Gasteiger partial charge in [-0.3, -0.25) is 4.79 Å². The lowest BCUT2D eigenvalue weighted by molar-refractivity contribution is -0.123. The Morgan fingerprint density at radius 2 is 2.40 bits per heavy atom. The van der Waals surface area contributed by atoms with Gasteiger partial charge < -0.3 is 16.0 Å². The molecule has 6 nitrogen and oxygen atoms in total. The fourth-order valence-electron chi connectivity index (χ4n) is 1.20. The zero-order valence-corrected chi connectivity index (χ0v) is 9.84. The largest absolute Gasteiger partial charge is 0.367 e. The average molecular weight is 229 g/mol. The van der Waals surface area contributed by atoms with Crippen molar-refractivity contribution in [1.29, 1.82) is 0 Å². The second kappa shape index (κ2) is 4.92. The zero-order chi connectivity index (χ0) is 11.4. The monoisotopic (exact) mass is 229 g/mol. The third-order valence-corrected chi connectivity index (χ3v) is 2.84. The molecule has 0 fully saturated rings. The van der Waals surface area contributed by atoms with Crippen molar-refractivity contribution in [3.63, 3.8) is 0 Å². The predicted molar refractivity (Wildman–Crippen MR) is 60.8 cm³/mol. The molecule has 3 N–H and O–H groups in total. The maximum Gasteiger partial charge on any atom is 0.233 e. The molecule has 15 heavy (non-hydrogen) atoms. The molecule has 84 valence electrons. The van der Waals surface area contributed by atoms with Gasteiger partial charge in [0.2, 0.25) is 17.0 Å². The minimum Gasteiger partial charge on any atom is -0.367 e. The number of nitrogens with zero attached hydrogens (tertiary/aromatic N) is 3. The van der Waals surface area contributed by atoms with Crippen LogP contribution < -0.4 is 16.0 Å². The van der Waals surface area contributed by atoms with Crippen molar-refractivity contribution in [1.82, 2.24) is 14.7 Å². The molecule has 0 saturated heterocycles. The van der Waals surface area contributed by atoms with E-state index in [0.717, 1.165) is 5.13 Å². The Morgan fingerprint density at radius 1 is 1.73 bits per heavy atom. The summed E-state index contributed by atoms with van der Waals surface area (Å²) < 4.78 is 3.88. The fraction of sp³-hybridized carbons (Fsp3) is 0.625. The number of rotatable bonds is 4. The Bertz CT molecular complexity index is 340. The molecule has 1 heterocycles. The first-order valence-electron chi connectivity index (χ1n) is 4.56. The molecule has 1 aromatic rings. The Labute approximate surface area is 92.7 Å². The van der Waals surface area contributed by atoms with Crippen LogP contribution in [0.15, 0.2) is 0 Å². The number of carbonyl (C=O) groups is 1. The summed E-state index contributed by atoms with van der Waals surface area (Å²) in [6.45, 7) is 2.45. The smallest absolute Gasteiger partial charge is 0.233 e. The van der Waals surface area contributed by atoms with Crippen molar-refractivity contribution in [3.8, 4) is 0 Å². The van der Waals surface area contributed by atoms with Gasteiger partial charge in [0.1, 0.15) is 0 Å². The average Bonchev–Trinajstić information content (AvgIpc) is 2.63. The topological polar surface area (TPSA) is 84.1 Å². The van der Waals surface area contributed by atoms with Gasteiger partial charge in [-0.15, -0.1) is 0 Å². The highest BCUT2D eigenvalue weighted by Gasteiger charge is 2.15. The number of nitrogens with one attached hydrogen (secondary N) is 1. The number of aromatic nitrogens is 2. The van der Waals surface area contributed by atoms with Gasteiger partial charge in [-0.1, -0.05) is 6.92 Å². The maximum atomic E-state index is 11.3. The van der Waals surface area contributed by atoms with Crippen LogP contribution in [-0.2, 0) is 4.79 Å². The Kier molecular flexibility index (Phi) is 3.84. The summed E-state index contributed by atoms with van der Waals surface area (Å²) in [5, 5.41) is 3.33. The summed E-state index contributed by atoms with van der Waals surface area (Å²) in [5.41, 5.74) is 5.42. The van der Waals surface area contributed by atoms with Crippen molar-refractivity contribution < 1.29 is 4.79 Å². The number of anilines is 2. The third kappa shape index (κ3) is 3.05. The first-order chi connectivity index (χ1) is 7.04. The molecule has 0 spiro atoms. The van der Waals surface area contributed by atoms with E-state index in [1.54, 1.807) is 7.05 Å². The van der Waals surface area contributed by atoms with Gasteiger partial charge in [0.05, 0.1) is 5.92 Å². The fourth-order valence-corrected chi connectivity index (χ4v) is 1.76. The van der Waals surface area contributed by atoms with Crippen molar-refractivity contribution >= 4 is 28.5 Å². The molecule has 1 rings (SSSR count). The molecule has 1 amide bonds. The van der Waals surface area contributed by atoms with Gasteiger partial charge in [0.25, 0.3) is 0 Å². The Balaban J connectivity index is 2.55. The number of hydrogen-bond acceptors (Lipinski definition) is 6. The van der Waals surface area contributed by atoms with Crippen molar-refractivity contribution in [2.24, 2.45) is 5.92 Å². The molecule has 1 aromatic heterocycles. The van der Waals surface area contributed by atoms with E-state index in [0.29, 0.717) is 6.54 Å². The lowest BCUT2D eigenvalue weighted by Crippen LogP contribution is -2.34. The molecular weight excluding hydrogens is 214 g/mol. The van der Waals surface area contributed by atoms with Crippen LogP contribution in [0.1, 0.15) is 6.92 Å². The summed E-state index contributed by atoms with van der Waals surface area (Å²) in [6.07, 6.45) is 0. The van der Waals surface area contributed by atoms with Crippen LogP contribution in [0.4, 0.5) is 11.1 Å². The van der Waals surface area contributed by atoms with E-state index in [9.17, 15) is 4.79 Å². The highest BCUT2D eigenvalue weighted by Crippen LogP contribution is 2.17. The van der Waals surface area contributed by atoms with Gasteiger partial charge in [-0.2, -0.15) is 9.36 Å². The first-order valence-corrected chi connectivity index (χ1v) is 5.34. The third-order valence-electron chi connectivity index (χ3n) is 2.00. The molecule has 1 atom stereocenters. The summed E-state index contributed by atoms with van der Waals surface area (Å²) in [4.78, 5) is 17.2. The van der Waals surface area contributed by atoms with Crippen LogP contribution in [-0.4, -0.2) is 35.9 Å². The number of nitrogens with two attached hydrogens (primary N) is 1. The quantitative estimate of drug-likeness (QED) is 0.755. The number of amides is 1. The van der Waals surface area contributed by atoms with Gasteiger partial charge in [0.15, 0.2) is 0 Å². The number of nitrogen functional groups attached to an aromatic ring is 1. The molecule has 0 aliphatic heterocycles. The van der Waals surface area contributed by atoms with E-state index in [1.165, 1.54) is 11.5 Å². The minimum absolute atomic E-state index is 0.0133. The highest BCUT2D eigenvalue weighted by atomic mass is 32.1. The van der Waals surface area contributed by atoms with Crippen molar-refractivity contribution in [2.75, 3.05) is 31.3 Å². The normalized spacial score (nSPS) is 12.2. The second-order valence-electron chi connectivity index (χ2n) is 3.33. The van der Waals surface area contributed by atoms with Crippen LogP contribution in [0.3, 0.4) is 0 Å². The van der Waals surface area contributed by atoms with E-state index in [-0.39, 0.29) is 17.8 Å². The standard InChI is InChI=1S/C8H15N5OS/c1-5(6(14)10-2)4-13(3)8-11-7(9)12-15-8/h5H,4H2,1-3H3,(H2,9,12)(H,10,14). The van der Waals surface area contributed by atoms with Gasteiger partial charge >= 0.3 is 0 Å². The van der Waals surface area contributed by atoms with Crippen LogP contribution in [0, 0.1) is 5.92 Å². The summed E-state index contributed by atoms with van der Waals surface area (Å²) >= 11 is 1.23. The summed E-state index contributed by atoms with van der Waals surface area (Å²) in [6, 6.07) is 0. The Morgan fingerprint density at radius 3 is 2.87 bits per heavy atom. The van der Waals surface area contributed by atoms with Gasteiger partial charge in [0, 0.05) is 32.2 Å². The molecule has 0 aliphatic carbocycles. The highest BCUT2D eigenvalue weighted by molar-refractivity contribution is 7.09. The van der Waals surface area contributed by atoms with Crippen LogP contribution >= 0.6 is 11.5 Å². The van der Waals surface area contributed by atoms with E-state index < -0.39 is 0 Å². The molecule has 0 aromatic carbocycles.